The molecule has 1 aliphatic carbocycles. The standard InChI is InChI=1S/C18H25N3O2/c22-17-15(11-6-12-19-17)20-18(23)21-16(14-9-4-5-10-14)13-7-2-1-3-8-13/h1-3,7-8,14-16H,4-6,9-12H2,(H,19,22)(H2,20,21,23)/t15-,16-/m1/s1. The smallest absolute Gasteiger partial charge is 0.315 e. The Balaban J connectivity index is 1.65. The minimum atomic E-state index is -0.413. The molecule has 0 spiro atoms. The van der Waals surface area contributed by atoms with Crippen LogP contribution in [0.5, 0.6) is 0 Å². The lowest BCUT2D eigenvalue weighted by Gasteiger charge is -2.28. The van der Waals surface area contributed by atoms with Gasteiger partial charge >= 0.3 is 6.03 Å². The minimum Gasteiger partial charge on any atom is -0.354 e. The van der Waals surface area contributed by atoms with E-state index < -0.39 is 6.04 Å². The lowest BCUT2D eigenvalue weighted by molar-refractivity contribution is -0.124. The average molecular weight is 315 g/mol. The number of nitrogens with one attached hydrogen (secondary N) is 3. The number of benzene rings is 1. The highest BCUT2D eigenvalue weighted by molar-refractivity contribution is 5.87. The predicted molar refractivity (Wildman–Crippen MR) is 88.8 cm³/mol. The second kappa shape index (κ2) is 7.49. The molecule has 2 fully saturated rings. The van der Waals surface area contributed by atoms with Gasteiger partial charge < -0.3 is 16.0 Å². The Morgan fingerprint density at radius 3 is 2.52 bits per heavy atom. The van der Waals surface area contributed by atoms with Gasteiger partial charge in [-0.15, -0.1) is 0 Å². The van der Waals surface area contributed by atoms with Crippen molar-refractivity contribution in [2.45, 2.75) is 50.6 Å². The first-order valence-corrected chi connectivity index (χ1v) is 8.64. The molecule has 1 aromatic carbocycles. The fourth-order valence-corrected chi connectivity index (χ4v) is 3.68. The summed E-state index contributed by atoms with van der Waals surface area (Å²) in [7, 11) is 0. The molecule has 0 radical (unpaired) electrons. The van der Waals surface area contributed by atoms with Crippen molar-refractivity contribution < 1.29 is 9.59 Å². The fourth-order valence-electron chi connectivity index (χ4n) is 3.68. The van der Waals surface area contributed by atoms with Crippen molar-refractivity contribution in [3.63, 3.8) is 0 Å². The third-order valence-corrected chi connectivity index (χ3v) is 4.91. The summed E-state index contributed by atoms with van der Waals surface area (Å²) in [6.45, 7) is 0.702. The van der Waals surface area contributed by atoms with Gasteiger partial charge in [-0.2, -0.15) is 0 Å². The molecule has 5 heteroatoms. The maximum atomic E-state index is 12.4. The van der Waals surface area contributed by atoms with E-state index in [2.05, 4.69) is 28.1 Å². The molecule has 1 heterocycles. The summed E-state index contributed by atoms with van der Waals surface area (Å²) in [5.74, 6) is 0.395. The Bertz CT molecular complexity index is 540. The molecule has 0 aromatic heterocycles. The highest BCUT2D eigenvalue weighted by atomic mass is 16.2. The second-order valence-corrected chi connectivity index (χ2v) is 6.54. The summed E-state index contributed by atoms with van der Waals surface area (Å²) in [5, 5.41) is 8.74. The van der Waals surface area contributed by atoms with E-state index in [0.717, 1.165) is 24.8 Å². The topological polar surface area (TPSA) is 70.2 Å². The Morgan fingerprint density at radius 2 is 1.83 bits per heavy atom. The van der Waals surface area contributed by atoms with Gasteiger partial charge in [0.05, 0.1) is 6.04 Å². The summed E-state index contributed by atoms with van der Waals surface area (Å²) in [5.41, 5.74) is 1.14. The van der Waals surface area contributed by atoms with Gasteiger partial charge in [0, 0.05) is 6.54 Å². The van der Waals surface area contributed by atoms with Gasteiger partial charge in [0.25, 0.3) is 0 Å². The predicted octanol–water partition coefficient (Wildman–Crippen LogP) is 2.50. The highest BCUT2D eigenvalue weighted by Gasteiger charge is 2.29. The van der Waals surface area contributed by atoms with Crippen LogP contribution in [0.4, 0.5) is 4.79 Å². The van der Waals surface area contributed by atoms with Gasteiger partial charge in [-0.05, 0) is 37.2 Å². The molecule has 0 bridgehead atoms. The Labute approximate surface area is 137 Å². The maximum absolute atomic E-state index is 12.4. The SMILES string of the molecule is O=C(N[C@H](c1ccccc1)C1CCCC1)N[C@@H]1CCCNC1=O. The number of carbonyl (C=O) groups excluding carboxylic acids is 2. The molecular formula is C18H25N3O2. The molecule has 2 atom stereocenters. The van der Waals surface area contributed by atoms with Gasteiger partial charge in [-0.25, -0.2) is 4.79 Å². The van der Waals surface area contributed by atoms with Gasteiger partial charge in [0.1, 0.15) is 6.04 Å². The van der Waals surface area contributed by atoms with Crippen molar-refractivity contribution in [3.05, 3.63) is 35.9 Å². The zero-order valence-electron chi connectivity index (χ0n) is 13.4. The number of hydrogen-bond acceptors (Lipinski definition) is 2. The average Bonchev–Trinajstić information content (AvgIpc) is 3.10. The van der Waals surface area contributed by atoms with Crippen LogP contribution in [-0.2, 0) is 4.79 Å². The highest BCUT2D eigenvalue weighted by Crippen LogP contribution is 2.35. The number of piperidine rings is 1. The number of carbonyl (C=O) groups is 2. The van der Waals surface area contributed by atoms with E-state index in [1.165, 1.54) is 12.8 Å². The molecular weight excluding hydrogens is 290 g/mol. The lowest BCUT2D eigenvalue weighted by atomic mass is 9.92. The van der Waals surface area contributed by atoms with Crippen molar-refractivity contribution in [1.82, 2.24) is 16.0 Å². The molecule has 3 N–H and O–H groups in total. The third kappa shape index (κ3) is 4.03. The van der Waals surface area contributed by atoms with Crippen LogP contribution >= 0.6 is 0 Å². The fraction of sp³-hybridized carbons (Fsp3) is 0.556. The second-order valence-electron chi connectivity index (χ2n) is 6.54. The van der Waals surface area contributed by atoms with Crippen LogP contribution in [0.25, 0.3) is 0 Å². The van der Waals surface area contributed by atoms with Crippen molar-refractivity contribution in [2.75, 3.05) is 6.54 Å². The molecule has 1 aromatic rings. The lowest BCUT2D eigenvalue weighted by Crippen LogP contribution is -2.53. The van der Waals surface area contributed by atoms with Gasteiger partial charge in [-0.1, -0.05) is 43.2 Å². The van der Waals surface area contributed by atoms with E-state index in [1.54, 1.807) is 0 Å². The van der Waals surface area contributed by atoms with Crippen LogP contribution in [0.3, 0.4) is 0 Å². The first kappa shape index (κ1) is 15.8. The molecule has 0 unspecified atom stereocenters. The Hall–Kier alpha value is -2.04. The molecule has 1 saturated heterocycles. The summed E-state index contributed by atoms with van der Waals surface area (Å²) in [4.78, 5) is 24.2. The van der Waals surface area contributed by atoms with Crippen LogP contribution in [-0.4, -0.2) is 24.5 Å². The summed E-state index contributed by atoms with van der Waals surface area (Å²) >= 11 is 0. The molecule has 124 valence electrons. The number of hydrogen-bond donors (Lipinski definition) is 3. The number of amides is 3. The van der Waals surface area contributed by atoms with E-state index in [0.29, 0.717) is 18.9 Å². The van der Waals surface area contributed by atoms with Crippen molar-refractivity contribution in [1.29, 1.82) is 0 Å². The van der Waals surface area contributed by atoms with Gasteiger partial charge in [-0.3, -0.25) is 4.79 Å². The van der Waals surface area contributed by atoms with Crippen LogP contribution in [0.15, 0.2) is 30.3 Å². The van der Waals surface area contributed by atoms with Crippen molar-refractivity contribution in [3.8, 4) is 0 Å². The zero-order chi connectivity index (χ0) is 16.1. The quantitative estimate of drug-likeness (QED) is 0.799. The van der Waals surface area contributed by atoms with Crippen LogP contribution in [0.1, 0.15) is 50.1 Å². The number of rotatable bonds is 4. The molecule has 23 heavy (non-hydrogen) atoms. The monoisotopic (exact) mass is 315 g/mol. The first-order chi connectivity index (χ1) is 11.2. The first-order valence-electron chi connectivity index (χ1n) is 8.64. The molecule has 1 aliphatic heterocycles. The van der Waals surface area contributed by atoms with Crippen LogP contribution in [0, 0.1) is 5.92 Å². The van der Waals surface area contributed by atoms with E-state index in [9.17, 15) is 9.59 Å². The van der Waals surface area contributed by atoms with E-state index in [1.807, 2.05) is 18.2 Å². The third-order valence-electron chi connectivity index (χ3n) is 4.91. The zero-order valence-corrected chi connectivity index (χ0v) is 13.4. The largest absolute Gasteiger partial charge is 0.354 e. The molecule has 3 amide bonds. The Kier molecular flexibility index (Phi) is 5.16. The van der Waals surface area contributed by atoms with Gasteiger partial charge in [0.2, 0.25) is 5.91 Å². The summed E-state index contributed by atoms with van der Waals surface area (Å²) < 4.78 is 0. The molecule has 5 nitrogen and oxygen atoms in total. The summed E-state index contributed by atoms with van der Waals surface area (Å²) in [6, 6.07) is 9.49. The van der Waals surface area contributed by atoms with E-state index in [-0.39, 0.29) is 18.0 Å². The molecule has 1 saturated carbocycles. The van der Waals surface area contributed by atoms with Crippen LogP contribution in [0.2, 0.25) is 0 Å². The van der Waals surface area contributed by atoms with E-state index in [4.69, 9.17) is 0 Å². The van der Waals surface area contributed by atoms with Crippen molar-refractivity contribution >= 4 is 11.9 Å². The van der Waals surface area contributed by atoms with E-state index >= 15 is 0 Å². The minimum absolute atomic E-state index is 0.0188. The molecule has 2 aliphatic rings. The van der Waals surface area contributed by atoms with Gasteiger partial charge in [0.15, 0.2) is 0 Å². The maximum Gasteiger partial charge on any atom is 0.315 e. The summed E-state index contributed by atoms with van der Waals surface area (Å²) in [6.07, 6.45) is 6.35. The molecule has 3 rings (SSSR count). The number of urea groups is 1. The van der Waals surface area contributed by atoms with Crippen molar-refractivity contribution in [2.24, 2.45) is 5.92 Å². The normalized spacial score (nSPS) is 23.1. The van der Waals surface area contributed by atoms with Crippen LogP contribution < -0.4 is 16.0 Å². The Morgan fingerprint density at radius 1 is 1.09 bits per heavy atom.